The van der Waals surface area contributed by atoms with Gasteiger partial charge < -0.3 is 29.2 Å². The van der Waals surface area contributed by atoms with Gasteiger partial charge in [-0.3, -0.25) is 9.59 Å². The highest BCUT2D eigenvalue weighted by atomic mass is 16.5. The Morgan fingerprint density at radius 2 is 1.42 bits per heavy atom. The van der Waals surface area contributed by atoms with E-state index in [0.29, 0.717) is 40.8 Å². The van der Waals surface area contributed by atoms with E-state index in [0.717, 1.165) is 50.5 Å². The summed E-state index contributed by atoms with van der Waals surface area (Å²) in [6.07, 6.45) is 6.72. The topological polar surface area (TPSA) is 86.3 Å². The molecular weight excluding hydrogens is 460 g/mol. The molecule has 1 saturated heterocycles. The zero-order valence-corrected chi connectivity index (χ0v) is 21.6. The van der Waals surface area contributed by atoms with E-state index in [1.807, 2.05) is 23.1 Å². The fourth-order valence-electron chi connectivity index (χ4n) is 5.33. The predicted molar refractivity (Wildman–Crippen MR) is 137 cm³/mol. The van der Waals surface area contributed by atoms with E-state index in [1.54, 1.807) is 33.5 Å². The van der Waals surface area contributed by atoms with Crippen LogP contribution < -0.4 is 24.3 Å². The summed E-state index contributed by atoms with van der Waals surface area (Å²) in [5, 5.41) is 3.04. The lowest BCUT2D eigenvalue weighted by molar-refractivity contribution is -0.120. The SMILES string of the molecule is COc1ccc([C@H]2CCCN2C(=O)c2cc(OC)c(OC)cc2NC(=O)C2CCCCC2)cc1OC. The molecule has 0 spiro atoms. The van der Waals surface area contributed by atoms with Crippen LogP contribution in [0.5, 0.6) is 23.0 Å². The van der Waals surface area contributed by atoms with Gasteiger partial charge in [0.15, 0.2) is 23.0 Å². The first-order chi connectivity index (χ1) is 17.5. The fourth-order valence-corrected chi connectivity index (χ4v) is 5.33. The normalized spacial score (nSPS) is 18.0. The molecule has 1 aliphatic heterocycles. The van der Waals surface area contributed by atoms with Crippen molar-refractivity contribution in [2.45, 2.75) is 51.0 Å². The van der Waals surface area contributed by atoms with Crippen molar-refractivity contribution in [1.82, 2.24) is 4.90 Å². The molecule has 1 heterocycles. The van der Waals surface area contributed by atoms with Gasteiger partial charge in [0.05, 0.1) is 45.7 Å². The van der Waals surface area contributed by atoms with Gasteiger partial charge in [0, 0.05) is 18.5 Å². The van der Waals surface area contributed by atoms with Gasteiger partial charge in [-0.2, -0.15) is 0 Å². The van der Waals surface area contributed by atoms with Crippen LogP contribution in [0, 0.1) is 5.92 Å². The highest BCUT2D eigenvalue weighted by Gasteiger charge is 2.33. The number of amides is 2. The number of benzene rings is 2. The number of nitrogens with one attached hydrogen (secondary N) is 1. The molecule has 0 aromatic heterocycles. The fraction of sp³-hybridized carbons (Fsp3) is 0.500. The maximum Gasteiger partial charge on any atom is 0.256 e. The zero-order chi connectivity index (χ0) is 25.7. The number of hydrogen-bond acceptors (Lipinski definition) is 6. The molecule has 0 radical (unpaired) electrons. The molecular formula is C28H36N2O6. The Bertz CT molecular complexity index is 1100. The van der Waals surface area contributed by atoms with Crippen molar-refractivity contribution >= 4 is 17.5 Å². The van der Waals surface area contributed by atoms with Crippen LogP contribution in [-0.2, 0) is 4.79 Å². The quantitative estimate of drug-likeness (QED) is 0.540. The molecule has 0 bridgehead atoms. The van der Waals surface area contributed by atoms with Crippen LogP contribution in [0.3, 0.4) is 0 Å². The first-order valence-electron chi connectivity index (χ1n) is 12.6. The van der Waals surface area contributed by atoms with E-state index in [4.69, 9.17) is 18.9 Å². The number of carbonyl (C=O) groups is 2. The Balaban J connectivity index is 1.67. The molecule has 8 nitrogen and oxygen atoms in total. The van der Waals surface area contributed by atoms with Crippen LogP contribution in [0.2, 0.25) is 0 Å². The van der Waals surface area contributed by atoms with Crippen LogP contribution in [-0.4, -0.2) is 51.7 Å². The molecule has 36 heavy (non-hydrogen) atoms. The van der Waals surface area contributed by atoms with Gasteiger partial charge in [0.1, 0.15) is 0 Å². The average molecular weight is 497 g/mol. The Morgan fingerprint density at radius 3 is 2.08 bits per heavy atom. The summed E-state index contributed by atoms with van der Waals surface area (Å²) < 4.78 is 21.8. The molecule has 2 amide bonds. The second-order valence-electron chi connectivity index (χ2n) is 9.35. The van der Waals surface area contributed by atoms with E-state index < -0.39 is 0 Å². The number of rotatable bonds is 8. The second-order valence-corrected chi connectivity index (χ2v) is 9.35. The van der Waals surface area contributed by atoms with Crippen LogP contribution in [0.25, 0.3) is 0 Å². The van der Waals surface area contributed by atoms with Crippen molar-refractivity contribution in [2.24, 2.45) is 5.92 Å². The summed E-state index contributed by atoms with van der Waals surface area (Å²) in [4.78, 5) is 28.9. The monoisotopic (exact) mass is 496 g/mol. The molecule has 194 valence electrons. The smallest absolute Gasteiger partial charge is 0.256 e. The lowest BCUT2D eigenvalue weighted by Crippen LogP contribution is -2.32. The summed E-state index contributed by atoms with van der Waals surface area (Å²) in [6.45, 7) is 0.613. The van der Waals surface area contributed by atoms with Crippen molar-refractivity contribution in [2.75, 3.05) is 40.3 Å². The minimum Gasteiger partial charge on any atom is -0.493 e. The number of nitrogens with zero attached hydrogens (tertiary/aromatic N) is 1. The van der Waals surface area contributed by atoms with Crippen molar-refractivity contribution in [3.63, 3.8) is 0 Å². The summed E-state index contributed by atoms with van der Waals surface area (Å²) in [5.41, 5.74) is 1.82. The zero-order valence-electron chi connectivity index (χ0n) is 21.6. The number of anilines is 1. The molecule has 1 N–H and O–H groups in total. The third-order valence-electron chi connectivity index (χ3n) is 7.29. The van der Waals surface area contributed by atoms with Gasteiger partial charge >= 0.3 is 0 Å². The van der Waals surface area contributed by atoms with Gasteiger partial charge in [0.2, 0.25) is 5.91 Å². The van der Waals surface area contributed by atoms with Gasteiger partial charge in [-0.25, -0.2) is 0 Å². The highest BCUT2D eigenvalue weighted by Crippen LogP contribution is 2.40. The van der Waals surface area contributed by atoms with Gasteiger partial charge in [-0.1, -0.05) is 25.3 Å². The van der Waals surface area contributed by atoms with E-state index in [9.17, 15) is 9.59 Å². The van der Waals surface area contributed by atoms with Crippen LogP contribution in [0.1, 0.15) is 66.9 Å². The molecule has 1 atom stereocenters. The molecule has 2 aliphatic rings. The van der Waals surface area contributed by atoms with Crippen LogP contribution in [0.4, 0.5) is 5.69 Å². The minimum atomic E-state index is -0.160. The first kappa shape index (κ1) is 25.7. The summed E-state index contributed by atoms with van der Waals surface area (Å²) in [7, 11) is 6.28. The maximum absolute atomic E-state index is 14.0. The third-order valence-corrected chi connectivity index (χ3v) is 7.29. The number of hydrogen-bond donors (Lipinski definition) is 1. The maximum atomic E-state index is 14.0. The molecule has 8 heteroatoms. The predicted octanol–water partition coefficient (Wildman–Crippen LogP) is 5.22. The summed E-state index contributed by atoms with van der Waals surface area (Å²) in [6, 6.07) is 9.00. The first-order valence-corrected chi connectivity index (χ1v) is 12.6. The lowest BCUT2D eigenvalue weighted by Gasteiger charge is -2.28. The number of ether oxygens (including phenoxy) is 4. The third kappa shape index (κ3) is 5.22. The van der Waals surface area contributed by atoms with Crippen molar-refractivity contribution < 1.29 is 28.5 Å². The largest absolute Gasteiger partial charge is 0.493 e. The van der Waals surface area contributed by atoms with Crippen molar-refractivity contribution in [3.8, 4) is 23.0 Å². The van der Waals surface area contributed by atoms with Gasteiger partial charge in [-0.05, 0) is 49.4 Å². The Kier molecular flexibility index (Phi) is 8.23. The van der Waals surface area contributed by atoms with E-state index >= 15 is 0 Å². The standard InChI is InChI=1S/C28H36N2O6/c1-33-23-13-12-19(15-24(23)34-2)22-11-8-14-30(22)28(32)20-16-25(35-3)26(36-4)17-21(20)29-27(31)18-9-6-5-7-10-18/h12-13,15-18,22H,5-11,14H2,1-4H3,(H,29,31)/t22-/m1/s1. The summed E-state index contributed by atoms with van der Waals surface area (Å²) >= 11 is 0. The van der Waals surface area contributed by atoms with E-state index in [-0.39, 0.29) is 23.8 Å². The van der Waals surface area contributed by atoms with Gasteiger partial charge in [0.25, 0.3) is 5.91 Å². The highest BCUT2D eigenvalue weighted by molar-refractivity contribution is 6.05. The second kappa shape index (κ2) is 11.5. The number of likely N-dealkylation sites (tertiary alicyclic amines) is 1. The van der Waals surface area contributed by atoms with Crippen molar-refractivity contribution in [1.29, 1.82) is 0 Å². The summed E-state index contributed by atoms with van der Waals surface area (Å²) in [5.74, 6) is 1.93. The number of carbonyl (C=O) groups excluding carboxylic acids is 2. The average Bonchev–Trinajstić information content (AvgIpc) is 3.42. The minimum absolute atomic E-state index is 0.0407. The Labute approximate surface area is 212 Å². The van der Waals surface area contributed by atoms with Crippen molar-refractivity contribution in [3.05, 3.63) is 41.5 Å². The number of methoxy groups -OCH3 is 4. The molecule has 2 aromatic carbocycles. The Hall–Kier alpha value is -3.42. The molecule has 2 fully saturated rings. The molecule has 2 aromatic rings. The molecule has 1 saturated carbocycles. The molecule has 1 aliphatic carbocycles. The van der Waals surface area contributed by atoms with Crippen LogP contribution >= 0.6 is 0 Å². The lowest BCUT2D eigenvalue weighted by atomic mass is 9.88. The van der Waals surface area contributed by atoms with Crippen LogP contribution in [0.15, 0.2) is 30.3 Å². The van der Waals surface area contributed by atoms with Gasteiger partial charge in [-0.15, -0.1) is 0 Å². The van der Waals surface area contributed by atoms with E-state index in [1.165, 1.54) is 7.11 Å². The Morgan fingerprint density at radius 1 is 0.778 bits per heavy atom. The molecule has 0 unspecified atom stereocenters. The van der Waals surface area contributed by atoms with E-state index in [2.05, 4.69) is 5.32 Å². The molecule has 4 rings (SSSR count).